The molecule has 1 atom stereocenters. The first-order chi connectivity index (χ1) is 6.74. The van der Waals surface area contributed by atoms with Crippen LogP contribution in [0.4, 0.5) is 0 Å². The maximum atomic E-state index is 11.7. The topological polar surface area (TPSA) is 32.3 Å². The Bertz CT molecular complexity index is 181. The molecule has 82 valence electrons. The Kier molecular flexibility index (Phi) is 5.33. The van der Waals surface area contributed by atoms with Crippen LogP contribution in [0.2, 0.25) is 0 Å². The Balaban J connectivity index is 2.19. The molecule has 0 aliphatic carbocycles. The van der Waals surface area contributed by atoms with Crippen LogP contribution in [-0.4, -0.2) is 48.0 Å². The van der Waals surface area contributed by atoms with Crippen molar-refractivity contribution in [2.24, 2.45) is 0 Å². The van der Waals surface area contributed by atoms with E-state index in [2.05, 4.69) is 19.2 Å². The lowest BCUT2D eigenvalue weighted by Crippen LogP contribution is -2.47. The lowest BCUT2D eigenvalue weighted by Gasteiger charge is -2.27. The van der Waals surface area contributed by atoms with Gasteiger partial charge in [-0.15, -0.1) is 11.8 Å². The van der Waals surface area contributed by atoms with Crippen molar-refractivity contribution in [3.63, 3.8) is 0 Å². The molecule has 1 N–H and O–H groups in total. The summed E-state index contributed by atoms with van der Waals surface area (Å²) >= 11 is 1.77. The Hall–Kier alpha value is -0.220. The summed E-state index contributed by atoms with van der Waals surface area (Å²) in [6, 6.07) is 0. The van der Waals surface area contributed by atoms with Gasteiger partial charge in [0, 0.05) is 31.4 Å². The zero-order valence-corrected chi connectivity index (χ0v) is 9.90. The summed E-state index contributed by atoms with van der Waals surface area (Å²) in [5.41, 5.74) is 0. The molecule has 0 spiro atoms. The number of piperazine rings is 1. The number of hydrogen-bond acceptors (Lipinski definition) is 3. The maximum absolute atomic E-state index is 11.7. The zero-order valence-electron chi connectivity index (χ0n) is 9.08. The van der Waals surface area contributed by atoms with E-state index in [9.17, 15) is 4.79 Å². The van der Waals surface area contributed by atoms with Gasteiger partial charge in [-0.05, 0) is 6.42 Å². The van der Waals surface area contributed by atoms with Crippen LogP contribution >= 0.6 is 11.8 Å². The number of nitrogens with zero attached hydrogens (tertiary/aromatic N) is 1. The van der Waals surface area contributed by atoms with Gasteiger partial charge in [0.2, 0.25) is 5.91 Å². The Morgan fingerprint density at radius 1 is 1.50 bits per heavy atom. The molecule has 1 fully saturated rings. The summed E-state index contributed by atoms with van der Waals surface area (Å²) in [7, 11) is 0. The van der Waals surface area contributed by atoms with Crippen molar-refractivity contribution in [1.82, 2.24) is 10.2 Å². The maximum Gasteiger partial charge on any atom is 0.232 e. The number of rotatable bonds is 4. The first-order valence-electron chi connectivity index (χ1n) is 5.34. The quantitative estimate of drug-likeness (QED) is 0.759. The normalized spacial score (nSPS) is 19.4. The number of nitrogens with one attached hydrogen (secondary N) is 1. The monoisotopic (exact) mass is 216 g/mol. The van der Waals surface area contributed by atoms with Gasteiger partial charge in [0.15, 0.2) is 0 Å². The van der Waals surface area contributed by atoms with Crippen molar-refractivity contribution in [2.45, 2.75) is 25.5 Å². The summed E-state index contributed by atoms with van der Waals surface area (Å²) in [4.78, 5) is 13.7. The second-order valence-electron chi connectivity index (χ2n) is 3.66. The standard InChI is InChI=1S/C10H20N2OS/c1-3-9(2)14-8-10(13)12-6-4-11-5-7-12/h9,11H,3-8H2,1-2H3. The highest BCUT2D eigenvalue weighted by molar-refractivity contribution is 8.00. The van der Waals surface area contributed by atoms with E-state index in [1.54, 1.807) is 11.8 Å². The molecule has 1 amide bonds. The van der Waals surface area contributed by atoms with Crippen LogP contribution in [-0.2, 0) is 4.79 Å². The molecule has 1 unspecified atom stereocenters. The van der Waals surface area contributed by atoms with Gasteiger partial charge in [0.25, 0.3) is 0 Å². The van der Waals surface area contributed by atoms with Crippen LogP contribution in [0.15, 0.2) is 0 Å². The number of carbonyl (C=O) groups is 1. The third-order valence-corrected chi connectivity index (χ3v) is 3.85. The minimum atomic E-state index is 0.303. The van der Waals surface area contributed by atoms with E-state index in [1.165, 1.54) is 0 Å². The summed E-state index contributed by atoms with van der Waals surface area (Å²) in [6.45, 7) is 7.97. The van der Waals surface area contributed by atoms with E-state index in [0.29, 0.717) is 16.9 Å². The van der Waals surface area contributed by atoms with Crippen molar-refractivity contribution in [3.8, 4) is 0 Å². The van der Waals surface area contributed by atoms with Gasteiger partial charge in [-0.1, -0.05) is 13.8 Å². The highest BCUT2D eigenvalue weighted by atomic mass is 32.2. The summed E-state index contributed by atoms with van der Waals surface area (Å²) < 4.78 is 0. The van der Waals surface area contributed by atoms with Crippen LogP contribution in [0.25, 0.3) is 0 Å². The van der Waals surface area contributed by atoms with Crippen LogP contribution < -0.4 is 5.32 Å². The molecule has 0 bridgehead atoms. The molecule has 1 aliphatic rings. The summed E-state index contributed by atoms with van der Waals surface area (Å²) in [5.74, 6) is 0.950. The molecule has 1 saturated heterocycles. The fraction of sp³-hybridized carbons (Fsp3) is 0.900. The van der Waals surface area contributed by atoms with Crippen molar-refractivity contribution >= 4 is 17.7 Å². The lowest BCUT2D eigenvalue weighted by molar-refractivity contribution is -0.128. The van der Waals surface area contributed by atoms with Crippen molar-refractivity contribution in [1.29, 1.82) is 0 Å². The first kappa shape index (κ1) is 11.9. The molecule has 14 heavy (non-hydrogen) atoms. The number of thioether (sulfide) groups is 1. The molecule has 0 saturated carbocycles. The van der Waals surface area contributed by atoms with Crippen LogP contribution in [0.3, 0.4) is 0 Å². The van der Waals surface area contributed by atoms with Crippen molar-refractivity contribution < 1.29 is 4.79 Å². The smallest absolute Gasteiger partial charge is 0.232 e. The first-order valence-corrected chi connectivity index (χ1v) is 6.39. The highest BCUT2D eigenvalue weighted by Gasteiger charge is 2.16. The molecular weight excluding hydrogens is 196 g/mol. The Morgan fingerprint density at radius 3 is 2.71 bits per heavy atom. The van der Waals surface area contributed by atoms with Crippen molar-refractivity contribution in [2.75, 3.05) is 31.9 Å². The van der Waals surface area contributed by atoms with E-state index >= 15 is 0 Å². The molecule has 0 aromatic carbocycles. The van der Waals surface area contributed by atoms with Gasteiger partial charge in [0.1, 0.15) is 0 Å². The molecule has 0 aromatic heterocycles. The van der Waals surface area contributed by atoms with E-state index in [1.807, 2.05) is 4.90 Å². The predicted octanol–water partition coefficient (Wildman–Crippen LogP) is 0.950. The van der Waals surface area contributed by atoms with Gasteiger partial charge in [-0.3, -0.25) is 4.79 Å². The third kappa shape index (κ3) is 3.88. The average Bonchev–Trinajstić information content (AvgIpc) is 2.26. The van der Waals surface area contributed by atoms with Gasteiger partial charge in [-0.2, -0.15) is 0 Å². The number of carbonyl (C=O) groups excluding carboxylic acids is 1. The van der Waals surface area contributed by atoms with E-state index in [0.717, 1.165) is 32.6 Å². The highest BCUT2D eigenvalue weighted by Crippen LogP contribution is 2.14. The molecule has 4 heteroatoms. The second kappa shape index (κ2) is 6.30. The molecule has 1 heterocycles. The predicted molar refractivity (Wildman–Crippen MR) is 61.7 cm³/mol. The fourth-order valence-corrected chi connectivity index (χ4v) is 2.18. The molecule has 0 aromatic rings. The van der Waals surface area contributed by atoms with E-state index in [-0.39, 0.29) is 0 Å². The molecule has 0 radical (unpaired) electrons. The van der Waals surface area contributed by atoms with Gasteiger partial charge >= 0.3 is 0 Å². The van der Waals surface area contributed by atoms with Gasteiger partial charge < -0.3 is 10.2 Å². The second-order valence-corrected chi connectivity index (χ2v) is 5.09. The SMILES string of the molecule is CCC(C)SCC(=O)N1CCNCC1. The average molecular weight is 216 g/mol. The van der Waals surface area contributed by atoms with Crippen LogP contribution in [0.5, 0.6) is 0 Å². The molecule has 1 rings (SSSR count). The Labute approximate surface area is 90.6 Å². The number of hydrogen-bond donors (Lipinski definition) is 1. The van der Waals surface area contributed by atoms with E-state index < -0.39 is 0 Å². The third-order valence-electron chi connectivity index (χ3n) is 2.54. The van der Waals surface area contributed by atoms with Crippen molar-refractivity contribution in [3.05, 3.63) is 0 Å². The zero-order chi connectivity index (χ0) is 10.4. The molecular formula is C10H20N2OS. The molecule has 3 nitrogen and oxygen atoms in total. The van der Waals surface area contributed by atoms with Gasteiger partial charge in [0.05, 0.1) is 5.75 Å². The van der Waals surface area contributed by atoms with E-state index in [4.69, 9.17) is 0 Å². The summed E-state index contributed by atoms with van der Waals surface area (Å²) in [6.07, 6.45) is 1.14. The lowest BCUT2D eigenvalue weighted by atomic mass is 10.3. The van der Waals surface area contributed by atoms with Crippen LogP contribution in [0.1, 0.15) is 20.3 Å². The number of amides is 1. The minimum Gasteiger partial charge on any atom is -0.339 e. The van der Waals surface area contributed by atoms with Gasteiger partial charge in [-0.25, -0.2) is 0 Å². The largest absolute Gasteiger partial charge is 0.339 e. The Morgan fingerprint density at radius 2 is 2.14 bits per heavy atom. The summed E-state index contributed by atoms with van der Waals surface area (Å²) in [5, 5.41) is 3.84. The van der Waals surface area contributed by atoms with Crippen LogP contribution in [0, 0.1) is 0 Å². The minimum absolute atomic E-state index is 0.303. The molecule has 1 aliphatic heterocycles. The fourth-order valence-electron chi connectivity index (χ4n) is 1.34.